The first-order valence-electron chi connectivity index (χ1n) is 7.11. The number of hydrogen-bond acceptors (Lipinski definition) is 7. The van der Waals surface area contributed by atoms with Gasteiger partial charge in [0.1, 0.15) is 0 Å². The van der Waals surface area contributed by atoms with Crippen molar-refractivity contribution >= 4 is 22.7 Å². The number of non-ortho nitro benzene ring substituents is 2. The highest BCUT2D eigenvalue weighted by atomic mass is 16.6. The number of anilines is 2. The SMILES string of the molecule is O=[N+]([O-])c1cccc(CNc2cc([N+](=O)[O-])ccc2NCCO)c1. The van der Waals surface area contributed by atoms with Crippen molar-refractivity contribution < 1.29 is 15.0 Å². The fourth-order valence-corrected chi connectivity index (χ4v) is 2.11. The molecule has 126 valence electrons. The first kappa shape index (κ1) is 17.2. The number of nitrogens with one attached hydrogen (secondary N) is 2. The Hall–Kier alpha value is -3.20. The predicted molar refractivity (Wildman–Crippen MR) is 89.1 cm³/mol. The zero-order valence-electron chi connectivity index (χ0n) is 12.6. The van der Waals surface area contributed by atoms with Crippen molar-refractivity contribution in [1.82, 2.24) is 0 Å². The summed E-state index contributed by atoms with van der Waals surface area (Å²) in [5.41, 5.74) is 1.64. The summed E-state index contributed by atoms with van der Waals surface area (Å²) in [7, 11) is 0. The van der Waals surface area contributed by atoms with Crippen molar-refractivity contribution in [3.63, 3.8) is 0 Å². The lowest BCUT2D eigenvalue weighted by Gasteiger charge is -2.13. The van der Waals surface area contributed by atoms with Gasteiger partial charge in [0.2, 0.25) is 0 Å². The maximum Gasteiger partial charge on any atom is 0.271 e. The molecule has 0 aliphatic rings. The topological polar surface area (TPSA) is 131 Å². The van der Waals surface area contributed by atoms with Crippen LogP contribution in [0.3, 0.4) is 0 Å². The molecule has 0 aliphatic carbocycles. The van der Waals surface area contributed by atoms with Gasteiger partial charge in [-0.15, -0.1) is 0 Å². The fraction of sp³-hybridized carbons (Fsp3) is 0.200. The van der Waals surface area contributed by atoms with Crippen LogP contribution in [-0.4, -0.2) is 28.1 Å². The van der Waals surface area contributed by atoms with Crippen LogP contribution >= 0.6 is 0 Å². The average Bonchev–Trinajstić information content (AvgIpc) is 2.58. The van der Waals surface area contributed by atoms with E-state index in [0.29, 0.717) is 23.5 Å². The summed E-state index contributed by atoms with van der Waals surface area (Å²) in [6.45, 7) is 0.473. The summed E-state index contributed by atoms with van der Waals surface area (Å²) in [5, 5.41) is 36.6. The highest BCUT2D eigenvalue weighted by molar-refractivity contribution is 5.72. The molecule has 0 radical (unpaired) electrons. The Morgan fingerprint density at radius 1 is 0.917 bits per heavy atom. The minimum absolute atomic E-state index is 0.0213. The number of nitro groups is 2. The van der Waals surface area contributed by atoms with Crippen LogP contribution in [0.15, 0.2) is 42.5 Å². The Labute approximate surface area is 137 Å². The maximum absolute atomic E-state index is 10.9. The van der Waals surface area contributed by atoms with Crippen molar-refractivity contribution in [3.05, 3.63) is 68.3 Å². The molecule has 0 heterocycles. The van der Waals surface area contributed by atoms with Gasteiger partial charge in [-0.1, -0.05) is 12.1 Å². The third-order valence-electron chi connectivity index (χ3n) is 3.25. The molecule has 0 atom stereocenters. The lowest BCUT2D eigenvalue weighted by Crippen LogP contribution is -2.09. The molecule has 0 fully saturated rings. The summed E-state index contributed by atoms with van der Waals surface area (Å²) in [6, 6.07) is 10.4. The number of aliphatic hydroxyl groups is 1. The van der Waals surface area contributed by atoms with Gasteiger partial charge in [0.05, 0.1) is 27.8 Å². The molecule has 0 unspecified atom stereocenters. The van der Waals surface area contributed by atoms with E-state index in [0.717, 1.165) is 0 Å². The highest BCUT2D eigenvalue weighted by Gasteiger charge is 2.11. The minimum Gasteiger partial charge on any atom is -0.395 e. The fourth-order valence-electron chi connectivity index (χ4n) is 2.11. The predicted octanol–water partition coefficient (Wildman–Crippen LogP) is 2.52. The first-order chi connectivity index (χ1) is 11.5. The van der Waals surface area contributed by atoms with Gasteiger partial charge < -0.3 is 15.7 Å². The molecule has 0 saturated heterocycles. The third kappa shape index (κ3) is 4.40. The van der Waals surface area contributed by atoms with Gasteiger partial charge in [-0.2, -0.15) is 0 Å². The molecule has 0 spiro atoms. The first-order valence-corrected chi connectivity index (χ1v) is 7.11. The molecule has 0 saturated carbocycles. The van der Waals surface area contributed by atoms with E-state index in [1.807, 2.05) is 0 Å². The van der Waals surface area contributed by atoms with Crippen LogP contribution in [0.4, 0.5) is 22.7 Å². The van der Waals surface area contributed by atoms with Gasteiger partial charge in [0.15, 0.2) is 0 Å². The quantitative estimate of drug-likeness (QED) is 0.500. The lowest BCUT2D eigenvalue weighted by molar-refractivity contribution is -0.385. The molecule has 9 nitrogen and oxygen atoms in total. The molecular formula is C15H16N4O5. The molecular weight excluding hydrogens is 316 g/mol. The number of benzene rings is 2. The monoisotopic (exact) mass is 332 g/mol. The van der Waals surface area contributed by atoms with E-state index < -0.39 is 9.85 Å². The number of aliphatic hydroxyl groups excluding tert-OH is 1. The second-order valence-electron chi connectivity index (χ2n) is 4.92. The van der Waals surface area contributed by atoms with Gasteiger partial charge in [0, 0.05) is 37.4 Å². The van der Waals surface area contributed by atoms with Crippen molar-refractivity contribution in [3.8, 4) is 0 Å². The summed E-state index contributed by atoms with van der Waals surface area (Å²) in [4.78, 5) is 20.7. The van der Waals surface area contributed by atoms with E-state index in [4.69, 9.17) is 5.11 Å². The van der Waals surface area contributed by atoms with Crippen LogP contribution in [-0.2, 0) is 6.54 Å². The van der Waals surface area contributed by atoms with E-state index >= 15 is 0 Å². The van der Waals surface area contributed by atoms with E-state index in [2.05, 4.69) is 10.6 Å². The van der Waals surface area contributed by atoms with Crippen molar-refractivity contribution in [2.75, 3.05) is 23.8 Å². The second kappa shape index (κ2) is 7.88. The van der Waals surface area contributed by atoms with Gasteiger partial charge in [-0.25, -0.2) is 0 Å². The molecule has 0 aliphatic heterocycles. The standard InChI is InChI=1S/C15H16N4O5/c20-7-6-16-14-5-4-13(19(23)24)9-15(14)17-10-11-2-1-3-12(8-11)18(21)22/h1-5,8-9,16-17,20H,6-7,10H2. The average molecular weight is 332 g/mol. The van der Waals surface area contributed by atoms with Crippen molar-refractivity contribution in [1.29, 1.82) is 0 Å². The van der Waals surface area contributed by atoms with Crippen LogP contribution < -0.4 is 10.6 Å². The van der Waals surface area contributed by atoms with Crippen LogP contribution in [0, 0.1) is 20.2 Å². The molecule has 9 heteroatoms. The molecule has 0 amide bonds. The molecule has 24 heavy (non-hydrogen) atoms. The zero-order valence-corrected chi connectivity index (χ0v) is 12.6. The summed E-state index contributed by atoms with van der Waals surface area (Å²) in [5.74, 6) is 0. The van der Waals surface area contributed by atoms with Crippen LogP contribution in [0.2, 0.25) is 0 Å². The van der Waals surface area contributed by atoms with Crippen molar-refractivity contribution in [2.24, 2.45) is 0 Å². The zero-order chi connectivity index (χ0) is 17.5. The van der Waals surface area contributed by atoms with Gasteiger partial charge in [0.25, 0.3) is 11.4 Å². The molecule has 2 rings (SSSR count). The second-order valence-corrected chi connectivity index (χ2v) is 4.92. The van der Waals surface area contributed by atoms with Crippen LogP contribution in [0.5, 0.6) is 0 Å². The normalized spacial score (nSPS) is 10.2. The molecule has 2 aromatic rings. The smallest absolute Gasteiger partial charge is 0.271 e. The van der Waals surface area contributed by atoms with Crippen LogP contribution in [0.1, 0.15) is 5.56 Å². The molecule has 0 bridgehead atoms. The Morgan fingerprint density at radius 2 is 1.62 bits per heavy atom. The summed E-state index contributed by atoms with van der Waals surface area (Å²) < 4.78 is 0. The molecule has 2 aromatic carbocycles. The highest BCUT2D eigenvalue weighted by Crippen LogP contribution is 2.27. The van der Waals surface area contributed by atoms with E-state index in [9.17, 15) is 20.2 Å². The maximum atomic E-state index is 10.9. The summed E-state index contributed by atoms with van der Waals surface area (Å²) in [6.07, 6.45) is 0. The minimum atomic E-state index is -0.506. The van der Waals surface area contributed by atoms with E-state index in [1.54, 1.807) is 18.2 Å². The van der Waals surface area contributed by atoms with Gasteiger partial charge >= 0.3 is 0 Å². The molecule has 0 aromatic heterocycles. The molecule has 3 N–H and O–H groups in total. The third-order valence-corrected chi connectivity index (χ3v) is 3.25. The van der Waals surface area contributed by atoms with E-state index in [1.165, 1.54) is 24.3 Å². The van der Waals surface area contributed by atoms with Gasteiger partial charge in [-0.3, -0.25) is 20.2 Å². The Morgan fingerprint density at radius 3 is 2.29 bits per heavy atom. The Kier molecular flexibility index (Phi) is 5.63. The number of nitrogens with zero attached hydrogens (tertiary/aromatic N) is 2. The number of rotatable bonds is 8. The lowest BCUT2D eigenvalue weighted by atomic mass is 10.2. The van der Waals surface area contributed by atoms with Crippen molar-refractivity contribution in [2.45, 2.75) is 6.54 Å². The summed E-state index contributed by atoms with van der Waals surface area (Å²) >= 11 is 0. The largest absolute Gasteiger partial charge is 0.395 e. The van der Waals surface area contributed by atoms with E-state index in [-0.39, 0.29) is 24.5 Å². The number of nitro benzene ring substituents is 2. The Balaban J connectivity index is 2.20. The van der Waals surface area contributed by atoms with Crippen LogP contribution in [0.25, 0.3) is 0 Å². The Bertz CT molecular complexity index is 750. The van der Waals surface area contributed by atoms with Gasteiger partial charge in [-0.05, 0) is 11.6 Å². The number of hydrogen-bond donors (Lipinski definition) is 3.